The fourth-order valence-corrected chi connectivity index (χ4v) is 8.71. The Bertz CT molecular complexity index is 3520. The molecule has 0 N–H and O–H groups in total. The average molecular weight is 816 g/mol. The Hall–Kier alpha value is -8.67. The number of hydrogen-bond acceptors (Lipinski definition) is 5. The Morgan fingerprint density at radius 3 is 1.00 bits per heavy atom. The highest BCUT2D eigenvalue weighted by atomic mass is 15.0. The van der Waals surface area contributed by atoms with Crippen LogP contribution in [0.3, 0.4) is 0 Å². The highest BCUT2D eigenvalue weighted by molar-refractivity contribution is 5.91. The predicted molar refractivity (Wildman–Crippen MR) is 263 cm³/mol. The molecule has 0 radical (unpaired) electrons. The molecule has 0 aliphatic carbocycles. The third-order valence-corrected chi connectivity index (χ3v) is 12.1. The number of pyridine rings is 2. The first-order valence-electron chi connectivity index (χ1n) is 21.4. The Morgan fingerprint density at radius 2 is 0.547 bits per heavy atom. The Balaban J connectivity index is 1.05. The van der Waals surface area contributed by atoms with E-state index >= 15 is 0 Å². The summed E-state index contributed by atoms with van der Waals surface area (Å²) in [5, 5.41) is 9.11. The second-order valence-electron chi connectivity index (χ2n) is 16.2. The van der Waals surface area contributed by atoms with Crippen LogP contribution in [0.4, 0.5) is 0 Å². The number of hydrogen-bond donors (Lipinski definition) is 0. The molecular formula is C59H37N5. The number of benzene rings is 9. The Morgan fingerprint density at radius 1 is 0.203 bits per heavy atom. The monoisotopic (exact) mass is 815 g/mol. The van der Waals surface area contributed by atoms with Crippen molar-refractivity contribution in [3.05, 3.63) is 225 Å². The maximum Gasteiger partial charge on any atom is 0.164 e. The Labute approximate surface area is 370 Å². The van der Waals surface area contributed by atoms with Gasteiger partial charge in [0, 0.05) is 51.0 Å². The van der Waals surface area contributed by atoms with E-state index in [4.69, 9.17) is 24.9 Å². The summed E-state index contributed by atoms with van der Waals surface area (Å²) in [4.78, 5) is 25.5. The molecule has 0 bridgehead atoms. The first-order chi connectivity index (χ1) is 31.6. The SMILES string of the molecule is c1cc(-c2cc(-c3cccc(-c4cc5ccccc5cn4)c3)cc(-c3nc(-c4ccc5ccccc5c4)nc(-c4ccc5ccccc5c4)n3)c2)cc(-c2cc3ccccc3cn2)c1. The van der Waals surface area contributed by atoms with Gasteiger partial charge in [-0.1, -0.05) is 158 Å². The van der Waals surface area contributed by atoms with Crippen LogP contribution in [0.1, 0.15) is 0 Å². The van der Waals surface area contributed by atoms with Gasteiger partial charge in [0.15, 0.2) is 17.5 Å². The van der Waals surface area contributed by atoms with Crippen LogP contribution < -0.4 is 0 Å². The summed E-state index contributed by atoms with van der Waals surface area (Å²) < 4.78 is 0. The molecule has 0 atom stereocenters. The van der Waals surface area contributed by atoms with Crippen LogP contribution in [0, 0.1) is 0 Å². The first-order valence-corrected chi connectivity index (χ1v) is 21.4. The minimum Gasteiger partial charge on any atom is -0.256 e. The minimum absolute atomic E-state index is 0.587. The van der Waals surface area contributed by atoms with Crippen molar-refractivity contribution in [1.29, 1.82) is 0 Å². The molecule has 0 saturated carbocycles. The number of rotatable bonds is 7. The Kier molecular flexibility index (Phi) is 9.08. The lowest BCUT2D eigenvalue weighted by molar-refractivity contribution is 1.08. The molecule has 3 heterocycles. The lowest BCUT2D eigenvalue weighted by Crippen LogP contribution is -2.01. The van der Waals surface area contributed by atoms with Crippen LogP contribution in [0.15, 0.2) is 225 Å². The summed E-state index contributed by atoms with van der Waals surface area (Å²) in [6.07, 6.45) is 3.91. The van der Waals surface area contributed by atoms with Crippen molar-refractivity contribution in [2.45, 2.75) is 0 Å². The number of aromatic nitrogens is 5. The van der Waals surface area contributed by atoms with Gasteiger partial charge in [0.25, 0.3) is 0 Å². The zero-order valence-corrected chi connectivity index (χ0v) is 34.6. The normalized spacial score (nSPS) is 11.4. The van der Waals surface area contributed by atoms with E-state index in [0.717, 1.165) is 105 Å². The van der Waals surface area contributed by atoms with Gasteiger partial charge in [-0.05, 0) is 109 Å². The van der Waals surface area contributed by atoms with Gasteiger partial charge in [-0.3, -0.25) is 9.97 Å². The lowest BCUT2D eigenvalue weighted by Gasteiger charge is -2.14. The molecule has 9 aromatic carbocycles. The van der Waals surface area contributed by atoms with E-state index in [1.807, 2.05) is 24.5 Å². The average Bonchev–Trinajstić information content (AvgIpc) is 3.38. The topological polar surface area (TPSA) is 64.5 Å². The number of nitrogens with zero attached hydrogens (tertiary/aromatic N) is 5. The molecule has 0 aliphatic heterocycles. The summed E-state index contributed by atoms with van der Waals surface area (Å²) in [5.41, 5.74) is 10.8. The van der Waals surface area contributed by atoms with Crippen molar-refractivity contribution >= 4 is 43.1 Å². The third kappa shape index (κ3) is 7.11. The highest BCUT2D eigenvalue weighted by Crippen LogP contribution is 2.37. The van der Waals surface area contributed by atoms with Crippen molar-refractivity contribution in [2.24, 2.45) is 0 Å². The van der Waals surface area contributed by atoms with Crippen LogP contribution in [-0.2, 0) is 0 Å². The van der Waals surface area contributed by atoms with E-state index in [9.17, 15) is 0 Å². The van der Waals surface area contributed by atoms with Gasteiger partial charge in [0.05, 0.1) is 11.4 Å². The van der Waals surface area contributed by atoms with Crippen molar-refractivity contribution < 1.29 is 0 Å². The number of fused-ring (bicyclic) bond motifs is 4. The van der Waals surface area contributed by atoms with Gasteiger partial charge in [-0.15, -0.1) is 0 Å². The van der Waals surface area contributed by atoms with Crippen molar-refractivity contribution in [1.82, 2.24) is 24.9 Å². The quantitative estimate of drug-likeness (QED) is 0.160. The molecule has 0 fully saturated rings. The highest BCUT2D eigenvalue weighted by Gasteiger charge is 2.17. The largest absolute Gasteiger partial charge is 0.256 e. The van der Waals surface area contributed by atoms with Crippen LogP contribution in [0.2, 0.25) is 0 Å². The van der Waals surface area contributed by atoms with Crippen LogP contribution in [0.5, 0.6) is 0 Å². The molecular weight excluding hydrogens is 779 g/mol. The molecule has 0 spiro atoms. The third-order valence-electron chi connectivity index (χ3n) is 12.1. The van der Waals surface area contributed by atoms with Crippen molar-refractivity contribution in [3.63, 3.8) is 0 Å². The molecule has 0 amide bonds. The molecule has 5 nitrogen and oxygen atoms in total. The van der Waals surface area contributed by atoms with E-state index in [-0.39, 0.29) is 0 Å². The van der Waals surface area contributed by atoms with Gasteiger partial charge >= 0.3 is 0 Å². The van der Waals surface area contributed by atoms with Crippen molar-refractivity contribution in [3.8, 4) is 78.9 Å². The standard InChI is InChI=1S/C59H37N5/c1-3-13-40-29-48(25-23-38(40)11-1)57-62-58(49-26-24-39-12-2-4-14-41(39)30-49)64-59(63-57)54-32-52(42-19-9-21-46(27-42)55-34-44-15-5-7-17-50(44)36-60-55)31-53(33-54)43-20-10-22-47(28-43)56-35-45-16-6-8-18-51(45)37-61-56/h1-37H. The fraction of sp³-hybridized carbons (Fsp3) is 0. The second-order valence-corrected chi connectivity index (χ2v) is 16.2. The molecule has 12 aromatic rings. The fourth-order valence-electron chi connectivity index (χ4n) is 8.71. The van der Waals surface area contributed by atoms with E-state index in [0.29, 0.717) is 17.5 Å². The summed E-state index contributed by atoms with van der Waals surface area (Å²) in [6.45, 7) is 0. The molecule has 5 heteroatoms. The molecule has 298 valence electrons. The molecule has 0 unspecified atom stereocenters. The van der Waals surface area contributed by atoms with Gasteiger partial charge < -0.3 is 0 Å². The first kappa shape index (κ1) is 37.1. The zero-order valence-electron chi connectivity index (χ0n) is 34.6. The van der Waals surface area contributed by atoms with Gasteiger partial charge in [0.2, 0.25) is 0 Å². The lowest BCUT2D eigenvalue weighted by atomic mass is 9.93. The van der Waals surface area contributed by atoms with Crippen LogP contribution >= 0.6 is 0 Å². The minimum atomic E-state index is 0.587. The maximum atomic E-state index is 5.28. The summed E-state index contributed by atoms with van der Waals surface area (Å²) >= 11 is 0. The van der Waals surface area contributed by atoms with Crippen LogP contribution in [0.25, 0.3) is 122 Å². The summed E-state index contributed by atoms with van der Waals surface area (Å²) in [7, 11) is 0. The molecule has 0 saturated heterocycles. The van der Waals surface area contributed by atoms with Crippen LogP contribution in [-0.4, -0.2) is 24.9 Å². The second kappa shape index (κ2) is 15.7. The summed E-state index contributed by atoms with van der Waals surface area (Å²) in [5.74, 6) is 1.81. The van der Waals surface area contributed by atoms with Gasteiger partial charge in [0.1, 0.15) is 0 Å². The van der Waals surface area contributed by atoms with E-state index in [1.54, 1.807) is 0 Å². The summed E-state index contributed by atoms with van der Waals surface area (Å²) in [6, 6.07) is 74.5. The zero-order chi connectivity index (χ0) is 42.4. The predicted octanol–water partition coefficient (Wildman–Crippen LogP) is 14.9. The van der Waals surface area contributed by atoms with Gasteiger partial charge in [-0.2, -0.15) is 0 Å². The molecule has 12 rings (SSSR count). The maximum absolute atomic E-state index is 5.28. The van der Waals surface area contributed by atoms with E-state index in [1.165, 1.54) is 0 Å². The molecule has 3 aromatic heterocycles. The van der Waals surface area contributed by atoms with E-state index < -0.39 is 0 Å². The van der Waals surface area contributed by atoms with Gasteiger partial charge in [-0.25, -0.2) is 15.0 Å². The molecule has 64 heavy (non-hydrogen) atoms. The van der Waals surface area contributed by atoms with E-state index in [2.05, 4.69) is 200 Å². The smallest absolute Gasteiger partial charge is 0.164 e. The molecule has 0 aliphatic rings. The van der Waals surface area contributed by atoms with Crippen molar-refractivity contribution in [2.75, 3.05) is 0 Å².